The molecule has 0 saturated carbocycles. The van der Waals surface area contributed by atoms with Crippen LogP contribution in [0.3, 0.4) is 0 Å². The van der Waals surface area contributed by atoms with Crippen molar-refractivity contribution in [3.63, 3.8) is 0 Å². The van der Waals surface area contributed by atoms with Crippen LogP contribution in [0.5, 0.6) is 5.75 Å². The van der Waals surface area contributed by atoms with Crippen molar-refractivity contribution in [2.24, 2.45) is 0 Å². The van der Waals surface area contributed by atoms with Crippen molar-refractivity contribution < 1.29 is 13.9 Å². The van der Waals surface area contributed by atoms with Crippen molar-refractivity contribution in [3.8, 4) is 5.75 Å². The Morgan fingerprint density at radius 3 is 2.76 bits per heavy atom. The van der Waals surface area contributed by atoms with Crippen molar-refractivity contribution in [1.29, 1.82) is 0 Å². The Morgan fingerprint density at radius 2 is 2.10 bits per heavy atom. The maximum Gasteiger partial charge on any atom is 0.255 e. The van der Waals surface area contributed by atoms with Gasteiger partial charge in [0.2, 0.25) is 0 Å². The first kappa shape index (κ1) is 15.3. The SMILES string of the molecule is CN(CCOc1ccccc1F)C(=O)c1ccc(Cl)nc1. The van der Waals surface area contributed by atoms with Gasteiger partial charge < -0.3 is 9.64 Å². The highest BCUT2D eigenvalue weighted by Crippen LogP contribution is 2.15. The number of carbonyl (C=O) groups excluding carboxylic acids is 1. The highest BCUT2D eigenvalue weighted by Gasteiger charge is 2.12. The monoisotopic (exact) mass is 308 g/mol. The zero-order valence-corrected chi connectivity index (χ0v) is 12.2. The lowest BCUT2D eigenvalue weighted by molar-refractivity contribution is 0.0772. The van der Waals surface area contributed by atoms with E-state index in [1.54, 1.807) is 37.4 Å². The first-order valence-electron chi connectivity index (χ1n) is 6.32. The summed E-state index contributed by atoms with van der Waals surface area (Å²) in [6.07, 6.45) is 1.42. The molecule has 21 heavy (non-hydrogen) atoms. The predicted molar refractivity (Wildman–Crippen MR) is 78.1 cm³/mol. The van der Waals surface area contributed by atoms with Gasteiger partial charge in [-0.2, -0.15) is 0 Å². The number of ether oxygens (including phenoxy) is 1. The number of carbonyl (C=O) groups is 1. The molecule has 4 nitrogen and oxygen atoms in total. The molecular formula is C15H14ClFN2O2. The van der Waals surface area contributed by atoms with Crippen LogP contribution in [0.15, 0.2) is 42.6 Å². The summed E-state index contributed by atoms with van der Waals surface area (Å²) in [5, 5.41) is 0.331. The van der Waals surface area contributed by atoms with E-state index in [-0.39, 0.29) is 18.3 Å². The molecule has 0 spiro atoms. The van der Waals surface area contributed by atoms with E-state index in [9.17, 15) is 9.18 Å². The highest BCUT2D eigenvalue weighted by molar-refractivity contribution is 6.29. The molecule has 0 unspecified atom stereocenters. The second-order valence-corrected chi connectivity index (χ2v) is 4.76. The largest absolute Gasteiger partial charge is 0.489 e. The van der Waals surface area contributed by atoms with Crippen LogP contribution in [0.25, 0.3) is 0 Å². The summed E-state index contributed by atoms with van der Waals surface area (Å²) < 4.78 is 18.7. The number of aromatic nitrogens is 1. The van der Waals surface area contributed by atoms with E-state index in [4.69, 9.17) is 16.3 Å². The molecular weight excluding hydrogens is 295 g/mol. The molecule has 0 aliphatic heterocycles. The maximum atomic E-state index is 13.3. The molecule has 0 N–H and O–H groups in total. The topological polar surface area (TPSA) is 42.4 Å². The van der Waals surface area contributed by atoms with Gasteiger partial charge in [-0.1, -0.05) is 23.7 Å². The fourth-order valence-electron chi connectivity index (χ4n) is 1.68. The minimum absolute atomic E-state index is 0.173. The number of hydrogen-bond acceptors (Lipinski definition) is 3. The van der Waals surface area contributed by atoms with Crippen LogP contribution in [0.2, 0.25) is 5.15 Å². The molecule has 0 radical (unpaired) electrons. The molecule has 0 atom stereocenters. The first-order chi connectivity index (χ1) is 10.1. The molecule has 0 bridgehead atoms. The van der Waals surface area contributed by atoms with Crippen molar-refractivity contribution in [3.05, 3.63) is 59.1 Å². The number of nitrogens with zero attached hydrogens (tertiary/aromatic N) is 2. The van der Waals surface area contributed by atoms with Gasteiger partial charge in [-0.05, 0) is 24.3 Å². The fraction of sp³-hybridized carbons (Fsp3) is 0.200. The van der Waals surface area contributed by atoms with Crippen LogP contribution in [0.4, 0.5) is 4.39 Å². The molecule has 1 aromatic carbocycles. The van der Waals surface area contributed by atoms with Gasteiger partial charge in [0.25, 0.3) is 5.91 Å². The maximum absolute atomic E-state index is 13.3. The third-order valence-electron chi connectivity index (χ3n) is 2.84. The van der Waals surface area contributed by atoms with Gasteiger partial charge in [0, 0.05) is 13.2 Å². The van der Waals surface area contributed by atoms with Crippen molar-refractivity contribution >= 4 is 17.5 Å². The average molecular weight is 309 g/mol. The lowest BCUT2D eigenvalue weighted by Gasteiger charge is -2.17. The molecule has 1 aromatic heterocycles. The molecule has 1 heterocycles. The summed E-state index contributed by atoms with van der Waals surface area (Å²) in [6.45, 7) is 0.528. The van der Waals surface area contributed by atoms with Crippen LogP contribution in [-0.4, -0.2) is 36.0 Å². The third kappa shape index (κ3) is 4.16. The van der Waals surface area contributed by atoms with E-state index in [1.807, 2.05) is 0 Å². The summed E-state index contributed by atoms with van der Waals surface area (Å²) in [5.41, 5.74) is 0.438. The second kappa shape index (κ2) is 7.04. The molecule has 0 saturated heterocycles. The van der Waals surface area contributed by atoms with Crippen molar-refractivity contribution in [2.45, 2.75) is 0 Å². The average Bonchev–Trinajstić information content (AvgIpc) is 2.49. The lowest BCUT2D eigenvalue weighted by Crippen LogP contribution is -2.31. The Labute approximate surface area is 127 Å². The molecule has 0 aliphatic carbocycles. The number of hydrogen-bond donors (Lipinski definition) is 0. The highest BCUT2D eigenvalue weighted by atomic mass is 35.5. The van der Waals surface area contributed by atoms with Crippen molar-refractivity contribution in [2.75, 3.05) is 20.2 Å². The van der Waals surface area contributed by atoms with Crippen LogP contribution in [-0.2, 0) is 0 Å². The Kier molecular flexibility index (Phi) is 5.11. The number of para-hydroxylation sites is 1. The minimum Gasteiger partial charge on any atom is -0.489 e. The zero-order chi connectivity index (χ0) is 15.2. The van der Waals surface area contributed by atoms with Gasteiger partial charge in [-0.3, -0.25) is 4.79 Å². The number of benzene rings is 1. The number of pyridine rings is 1. The third-order valence-corrected chi connectivity index (χ3v) is 3.07. The lowest BCUT2D eigenvalue weighted by atomic mass is 10.2. The molecule has 110 valence electrons. The molecule has 0 fully saturated rings. The second-order valence-electron chi connectivity index (χ2n) is 4.38. The van der Waals surface area contributed by atoms with Gasteiger partial charge in [-0.25, -0.2) is 9.37 Å². The summed E-state index contributed by atoms with van der Waals surface area (Å²) in [6, 6.07) is 9.30. The minimum atomic E-state index is -0.423. The Bertz CT molecular complexity index is 619. The molecule has 2 aromatic rings. The van der Waals surface area contributed by atoms with E-state index in [0.717, 1.165) is 0 Å². The molecule has 2 rings (SSSR count). The normalized spacial score (nSPS) is 10.2. The van der Waals surface area contributed by atoms with E-state index >= 15 is 0 Å². The Hall–Kier alpha value is -2.14. The van der Waals surface area contributed by atoms with Gasteiger partial charge in [0.05, 0.1) is 12.1 Å². The van der Waals surface area contributed by atoms with Gasteiger partial charge in [0.1, 0.15) is 11.8 Å². The summed E-state index contributed by atoms with van der Waals surface area (Å²) in [7, 11) is 1.64. The molecule has 1 amide bonds. The Morgan fingerprint density at radius 1 is 1.33 bits per heavy atom. The number of likely N-dealkylation sites (N-methyl/N-ethyl adjacent to an activating group) is 1. The van der Waals surface area contributed by atoms with Gasteiger partial charge in [0.15, 0.2) is 11.6 Å². The van der Waals surface area contributed by atoms with Crippen LogP contribution in [0, 0.1) is 5.82 Å². The van der Waals surface area contributed by atoms with E-state index in [1.165, 1.54) is 17.2 Å². The van der Waals surface area contributed by atoms with Gasteiger partial charge >= 0.3 is 0 Å². The molecule has 6 heteroatoms. The first-order valence-corrected chi connectivity index (χ1v) is 6.70. The predicted octanol–water partition coefficient (Wildman–Crippen LogP) is 3.03. The standard InChI is InChI=1S/C15H14ClFN2O2/c1-19(15(20)11-6-7-14(16)18-10-11)8-9-21-13-5-3-2-4-12(13)17/h2-7,10H,8-9H2,1H3. The van der Waals surface area contributed by atoms with Crippen LogP contribution < -0.4 is 4.74 Å². The number of halogens is 2. The molecule has 0 aliphatic rings. The number of rotatable bonds is 5. The summed E-state index contributed by atoms with van der Waals surface area (Å²) in [4.78, 5) is 17.4. The van der Waals surface area contributed by atoms with E-state index in [0.29, 0.717) is 17.3 Å². The quantitative estimate of drug-likeness (QED) is 0.797. The zero-order valence-electron chi connectivity index (χ0n) is 11.4. The smallest absolute Gasteiger partial charge is 0.255 e. The van der Waals surface area contributed by atoms with Gasteiger partial charge in [-0.15, -0.1) is 0 Å². The summed E-state index contributed by atoms with van der Waals surface area (Å²) in [5.74, 6) is -0.448. The van der Waals surface area contributed by atoms with Crippen LogP contribution >= 0.6 is 11.6 Å². The van der Waals surface area contributed by atoms with Crippen LogP contribution in [0.1, 0.15) is 10.4 Å². The van der Waals surface area contributed by atoms with Crippen molar-refractivity contribution in [1.82, 2.24) is 9.88 Å². The van der Waals surface area contributed by atoms with E-state index in [2.05, 4.69) is 4.98 Å². The summed E-state index contributed by atoms with van der Waals surface area (Å²) >= 11 is 5.67. The van der Waals surface area contributed by atoms with E-state index < -0.39 is 5.82 Å². The Balaban J connectivity index is 1.87. The number of amides is 1. The fourth-order valence-corrected chi connectivity index (χ4v) is 1.79.